The van der Waals surface area contributed by atoms with E-state index in [0.717, 1.165) is 29.5 Å². The number of piperidine rings is 1. The third-order valence-electron chi connectivity index (χ3n) is 5.27. The molecule has 0 radical (unpaired) electrons. The third-order valence-corrected chi connectivity index (χ3v) is 7.11. The van der Waals surface area contributed by atoms with E-state index in [-0.39, 0.29) is 24.1 Å². The Morgan fingerprint density at radius 3 is 2.61 bits per heavy atom. The van der Waals surface area contributed by atoms with Crippen LogP contribution in [0.25, 0.3) is 0 Å². The maximum absolute atomic E-state index is 12.9. The first-order valence-electron chi connectivity index (χ1n) is 9.65. The van der Waals surface area contributed by atoms with Crippen LogP contribution in [-0.4, -0.2) is 44.6 Å². The average Bonchev–Trinajstić information content (AvgIpc) is 2.73. The lowest BCUT2D eigenvalue weighted by Gasteiger charge is -2.32. The van der Waals surface area contributed by atoms with Crippen molar-refractivity contribution in [2.75, 3.05) is 26.0 Å². The minimum atomic E-state index is -3.30. The van der Waals surface area contributed by atoms with E-state index < -0.39 is 10.0 Å². The molecule has 2 aromatic carbocycles. The van der Waals surface area contributed by atoms with Crippen LogP contribution in [0.1, 0.15) is 35.4 Å². The molecule has 1 heterocycles. The zero-order valence-corrected chi connectivity index (χ0v) is 17.0. The molecule has 1 unspecified atom stereocenters. The van der Waals surface area contributed by atoms with Gasteiger partial charge in [-0.3, -0.25) is 4.79 Å². The third kappa shape index (κ3) is 5.42. The fraction of sp³-hybridized carbons (Fsp3) is 0.409. The molecular formula is C22H27NO4S. The first-order chi connectivity index (χ1) is 13.5. The summed E-state index contributed by atoms with van der Waals surface area (Å²) in [6, 6.07) is 17.6. The first kappa shape index (κ1) is 20.6. The molecule has 1 saturated heterocycles. The van der Waals surface area contributed by atoms with Crippen LogP contribution in [0.3, 0.4) is 0 Å². The van der Waals surface area contributed by atoms with Crippen molar-refractivity contribution in [2.24, 2.45) is 0 Å². The van der Waals surface area contributed by atoms with Gasteiger partial charge < -0.3 is 4.74 Å². The van der Waals surface area contributed by atoms with Gasteiger partial charge in [-0.2, -0.15) is 0 Å². The first-order valence-corrected chi connectivity index (χ1v) is 11.3. The molecule has 5 nitrogen and oxygen atoms in total. The van der Waals surface area contributed by atoms with Crippen molar-refractivity contribution in [3.05, 3.63) is 71.3 Å². The number of hydrogen-bond donors (Lipinski definition) is 0. The van der Waals surface area contributed by atoms with Crippen LogP contribution in [0.5, 0.6) is 0 Å². The number of aryl methyl sites for hydroxylation is 1. The van der Waals surface area contributed by atoms with E-state index in [0.29, 0.717) is 19.5 Å². The van der Waals surface area contributed by atoms with Crippen LogP contribution in [-0.2, 0) is 32.4 Å². The van der Waals surface area contributed by atoms with E-state index in [9.17, 15) is 13.2 Å². The second kappa shape index (κ2) is 9.34. The largest absolute Gasteiger partial charge is 0.469 e. The van der Waals surface area contributed by atoms with Crippen molar-refractivity contribution < 1.29 is 17.9 Å². The summed E-state index contributed by atoms with van der Waals surface area (Å²) >= 11 is 0. The van der Waals surface area contributed by atoms with Crippen molar-refractivity contribution in [1.82, 2.24) is 4.31 Å². The topological polar surface area (TPSA) is 63.7 Å². The Kier molecular flexibility index (Phi) is 6.86. The van der Waals surface area contributed by atoms with E-state index in [4.69, 9.17) is 4.74 Å². The Morgan fingerprint density at radius 1 is 1.11 bits per heavy atom. The summed E-state index contributed by atoms with van der Waals surface area (Å²) in [6.07, 6.45) is 2.55. The molecule has 28 heavy (non-hydrogen) atoms. The predicted octanol–water partition coefficient (Wildman–Crippen LogP) is 3.15. The molecule has 3 rings (SSSR count). The maximum atomic E-state index is 12.9. The molecule has 0 saturated carbocycles. The number of esters is 1. The average molecular weight is 402 g/mol. The predicted molar refractivity (Wildman–Crippen MR) is 110 cm³/mol. The van der Waals surface area contributed by atoms with Crippen LogP contribution in [0.2, 0.25) is 0 Å². The van der Waals surface area contributed by atoms with Crippen LogP contribution in [0.4, 0.5) is 0 Å². The van der Waals surface area contributed by atoms with E-state index in [1.54, 1.807) is 4.31 Å². The number of carbonyl (C=O) groups excluding carboxylic acids is 1. The minimum absolute atomic E-state index is 0.131. The SMILES string of the molecule is COC(=O)Cc1cccc(C2CCCN(S(=O)(=O)CCc3ccccc3)C2)c1. The highest BCUT2D eigenvalue weighted by atomic mass is 32.2. The molecular weight excluding hydrogens is 374 g/mol. The molecule has 1 aliphatic rings. The second-order valence-electron chi connectivity index (χ2n) is 7.25. The van der Waals surface area contributed by atoms with Gasteiger partial charge in [0.05, 0.1) is 19.3 Å². The highest BCUT2D eigenvalue weighted by Crippen LogP contribution is 2.29. The lowest BCUT2D eigenvalue weighted by atomic mass is 9.90. The zero-order valence-electron chi connectivity index (χ0n) is 16.2. The van der Waals surface area contributed by atoms with Gasteiger partial charge in [0, 0.05) is 13.1 Å². The van der Waals surface area contributed by atoms with Crippen LogP contribution >= 0.6 is 0 Å². The van der Waals surface area contributed by atoms with Gasteiger partial charge in [-0.1, -0.05) is 54.6 Å². The fourth-order valence-corrected chi connectivity index (χ4v) is 5.25. The number of rotatable bonds is 7. The molecule has 0 bridgehead atoms. The van der Waals surface area contributed by atoms with E-state index >= 15 is 0 Å². The molecule has 2 aromatic rings. The van der Waals surface area contributed by atoms with Crippen molar-refractivity contribution in [3.63, 3.8) is 0 Å². The fourth-order valence-electron chi connectivity index (χ4n) is 3.68. The van der Waals surface area contributed by atoms with Gasteiger partial charge in [0.25, 0.3) is 0 Å². The summed E-state index contributed by atoms with van der Waals surface area (Å²) in [7, 11) is -1.92. The summed E-state index contributed by atoms with van der Waals surface area (Å²) in [5.74, 6) is 0.00954. The molecule has 0 aromatic heterocycles. The van der Waals surface area contributed by atoms with Crippen LogP contribution < -0.4 is 0 Å². The normalized spacial score (nSPS) is 18.0. The molecule has 0 N–H and O–H groups in total. The Hall–Kier alpha value is -2.18. The number of ether oxygens (including phenoxy) is 1. The van der Waals surface area contributed by atoms with Crippen LogP contribution in [0, 0.1) is 0 Å². The molecule has 0 aliphatic carbocycles. The number of benzene rings is 2. The number of carbonyl (C=O) groups is 1. The summed E-state index contributed by atoms with van der Waals surface area (Å²) in [5, 5.41) is 0. The molecule has 1 aliphatic heterocycles. The maximum Gasteiger partial charge on any atom is 0.309 e. The van der Waals surface area contributed by atoms with Crippen molar-refractivity contribution in [3.8, 4) is 0 Å². The van der Waals surface area contributed by atoms with E-state index in [1.807, 2.05) is 54.6 Å². The second-order valence-corrected chi connectivity index (χ2v) is 9.34. The summed E-state index contributed by atoms with van der Waals surface area (Å²) in [4.78, 5) is 11.5. The summed E-state index contributed by atoms with van der Waals surface area (Å²) in [5.41, 5.74) is 3.02. The highest BCUT2D eigenvalue weighted by molar-refractivity contribution is 7.89. The van der Waals surface area contributed by atoms with Crippen molar-refractivity contribution >= 4 is 16.0 Å². The van der Waals surface area contributed by atoms with Gasteiger partial charge in [0.2, 0.25) is 10.0 Å². The van der Waals surface area contributed by atoms with Crippen LogP contribution in [0.15, 0.2) is 54.6 Å². The lowest BCUT2D eigenvalue weighted by molar-refractivity contribution is -0.139. The number of methoxy groups -OCH3 is 1. The number of hydrogen-bond acceptors (Lipinski definition) is 4. The minimum Gasteiger partial charge on any atom is -0.469 e. The standard InChI is InChI=1S/C22H27NO4S/c1-27-22(24)16-19-9-5-10-20(15-19)21-11-6-13-23(17-21)28(25,26)14-12-18-7-3-2-4-8-18/h2-5,7-10,15,21H,6,11-14,16-17H2,1H3. The monoisotopic (exact) mass is 401 g/mol. The Labute approximate surface area is 167 Å². The van der Waals surface area contributed by atoms with Gasteiger partial charge in [0.1, 0.15) is 0 Å². The van der Waals surface area contributed by atoms with Crippen molar-refractivity contribution in [2.45, 2.75) is 31.6 Å². The van der Waals surface area contributed by atoms with Crippen molar-refractivity contribution in [1.29, 1.82) is 0 Å². The van der Waals surface area contributed by atoms with Gasteiger partial charge >= 0.3 is 5.97 Å². The van der Waals surface area contributed by atoms with E-state index in [1.165, 1.54) is 7.11 Å². The molecule has 6 heteroatoms. The highest BCUT2D eigenvalue weighted by Gasteiger charge is 2.29. The van der Waals surface area contributed by atoms with Gasteiger partial charge in [-0.05, 0) is 41.9 Å². The smallest absolute Gasteiger partial charge is 0.309 e. The Morgan fingerprint density at radius 2 is 1.86 bits per heavy atom. The number of sulfonamides is 1. The molecule has 1 fully saturated rings. The van der Waals surface area contributed by atoms with Gasteiger partial charge in [0.15, 0.2) is 0 Å². The van der Waals surface area contributed by atoms with Gasteiger partial charge in [-0.25, -0.2) is 12.7 Å². The number of nitrogens with zero attached hydrogens (tertiary/aromatic N) is 1. The summed E-state index contributed by atoms with van der Waals surface area (Å²) in [6.45, 7) is 1.08. The zero-order chi connectivity index (χ0) is 20.0. The molecule has 1 atom stereocenters. The molecule has 0 amide bonds. The molecule has 150 valence electrons. The van der Waals surface area contributed by atoms with E-state index in [2.05, 4.69) is 0 Å². The Bertz CT molecular complexity index is 896. The lowest BCUT2D eigenvalue weighted by Crippen LogP contribution is -2.40. The van der Waals surface area contributed by atoms with Gasteiger partial charge in [-0.15, -0.1) is 0 Å². The molecule has 0 spiro atoms. The Balaban J connectivity index is 1.66. The summed E-state index contributed by atoms with van der Waals surface area (Å²) < 4.78 is 32.1. The quantitative estimate of drug-likeness (QED) is 0.669.